The van der Waals surface area contributed by atoms with Crippen LogP contribution in [0.4, 0.5) is 65.9 Å². The van der Waals surface area contributed by atoms with Crippen LogP contribution < -0.4 is 10.9 Å². The molecule has 0 N–H and O–H groups in total. The first-order valence-electron chi connectivity index (χ1n) is 17.3. The van der Waals surface area contributed by atoms with E-state index in [0.29, 0.717) is 15.5 Å². The minimum Gasteiger partial charge on any atom is -0.207 e. The zero-order valence-electron chi connectivity index (χ0n) is 32.2. The van der Waals surface area contributed by atoms with Gasteiger partial charge in [-0.1, -0.05) is 26.7 Å². The van der Waals surface area contributed by atoms with E-state index in [-0.39, 0.29) is 12.8 Å². The van der Waals surface area contributed by atoms with Gasteiger partial charge in [0.2, 0.25) is 5.82 Å². The standard InChI is InChI=1S/C26H15BF15.C12H27P/c1-3-5-7(6-4-2)9(8-12(28)18(34)24(40)19(35)13(8)29)27(10-14(30)20(36)25(41)21(37)15(10)31)11-16(32)22(38)26(42)23(39)17(11)33;1-10(2,3)13(11(4,5)6)12(7,8)9/h27H,3-6H2,1-2H3;1-9H3/q-1;/p+1. The molecule has 0 amide bonds. The minimum absolute atomic E-state index is 0.116. The molecule has 0 spiro atoms. The highest BCUT2D eigenvalue weighted by molar-refractivity contribution is 7.62. The van der Waals surface area contributed by atoms with E-state index >= 15 is 26.3 Å². The number of allylic oxidation sites excluding steroid dienone is 1. The fourth-order valence-corrected chi connectivity index (χ4v) is 15.1. The normalized spacial score (nSPS) is 12.4. The predicted octanol–water partition coefficient (Wildman–Crippen LogP) is 12.3. The molecule has 0 radical (unpaired) electrons. The second-order valence-corrected chi connectivity index (χ2v) is 21.5. The molecule has 0 aliphatic carbocycles. The number of benzene rings is 3. The van der Waals surface area contributed by atoms with Crippen LogP contribution in [0.3, 0.4) is 0 Å². The third kappa shape index (κ3) is 9.53. The van der Waals surface area contributed by atoms with Crippen molar-refractivity contribution in [2.45, 2.75) is 117 Å². The highest BCUT2D eigenvalue weighted by atomic mass is 31.1. The predicted molar refractivity (Wildman–Crippen MR) is 189 cm³/mol. The van der Waals surface area contributed by atoms with Gasteiger partial charge in [0.15, 0.2) is 58.2 Å². The van der Waals surface area contributed by atoms with Crippen LogP contribution in [0, 0.1) is 87.3 Å². The summed E-state index contributed by atoms with van der Waals surface area (Å²) < 4.78 is 219. The molecule has 0 unspecified atom stereocenters. The van der Waals surface area contributed by atoms with Crippen molar-refractivity contribution in [2.24, 2.45) is 0 Å². The largest absolute Gasteiger partial charge is 0.207 e. The van der Waals surface area contributed by atoms with Gasteiger partial charge in [-0.05, 0) is 75.2 Å². The molecule has 0 nitrogen and oxygen atoms in total. The summed E-state index contributed by atoms with van der Waals surface area (Å²) in [4.78, 5) is 0. The molecule has 0 bridgehead atoms. The molecular formula is C38H43BF15P. The quantitative estimate of drug-likeness (QED) is 0.0698. The smallest absolute Gasteiger partial charge is 0.200 e. The van der Waals surface area contributed by atoms with Crippen LogP contribution in [0.25, 0.3) is 5.47 Å². The molecule has 0 heterocycles. The summed E-state index contributed by atoms with van der Waals surface area (Å²) in [5.41, 5.74) is -8.90. The van der Waals surface area contributed by atoms with E-state index in [1.54, 1.807) is 0 Å². The van der Waals surface area contributed by atoms with Gasteiger partial charge in [0.25, 0.3) is 0 Å². The maximum atomic E-state index is 15.2. The Morgan fingerprint density at radius 3 is 0.800 bits per heavy atom. The molecule has 0 fully saturated rings. The van der Waals surface area contributed by atoms with Gasteiger partial charge in [0.1, 0.15) is 23.3 Å². The van der Waals surface area contributed by atoms with Crippen molar-refractivity contribution in [3.05, 3.63) is 98.4 Å². The third-order valence-electron chi connectivity index (χ3n) is 8.95. The average Bonchev–Trinajstić information content (AvgIpc) is 3.06. The van der Waals surface area contributed by atoms with Gasteiger partial charge in [0.05, 0.1) is 22.2 Å². The lowest BCUT2D eigenvalue weighted by atomic mass is 9.33. The highest BCUT2D eigenvalue weighted by Crippen LogP contribution is 2.67. The lowest BCUT2D eigenvalue weighted by Gasteiger charge is -2.42. The Hall–Kier alpha value is -3.16. The molecule has 17 heteroatoms. The van der Waals surface area contributed by atoms with Gasteiger partial charge in [-0.15, -0.1) is 16.5 Å². The van der Waals surface area contributed by atoms with Crippen molar-refractivity contribution in [3.63, 3.8) is 0 Å². The average molecular weight is 827 g/mol. The summed E-state index contributed by atoms with van der Waals surface area (Å²) in [6.07, 6.45) is -1.27. The Morgan fingerprint density at radius 2 is 0.600 bits per heavy atom. The van der Waals surface area contributed by atoms with E-state index < -0.39 is 142 Å². The van der Waals surface area contributed by atoms with E-state index in [1.165, 1.54) is 13.8 Å². The van der Waals surface area contributed by atoms with Crippen molar-refractivity contribution in [1.82, 2.24) is 0 Å². The van der Waals surface area contributed by atoms with Gasteiger partial charge < -0.3 is 0 Å². The Labute approximate surface area is 312 Å². The van der Waals surface area contributed by atoms with Gasteiger partial charge in [-0.3, -0.25) is 0 Å². The van der Waals surface area contributed by atoms with Crippen molar-refractivity contribution < 1.29 is 65.9 Å². The van der Waals surface area contributed by atoms with Crippen LogP contribution in [0.2, 0.25) is 0 Å². The van der Waals surface area contributed by atoms with Crippen LogP contribution >= 0.6 is 7.92 Å². The second-order valence-electron chi connectivity index (χ2n) is 16.3. The molecule has 3 rings (SSSR count). The van der Waals surface area contributed by atoms with Crippen molar-refractivity contribution in [2.75, 3.05) is 0 Å². The van der Waals surface area contributed by atoms with Gasteiger partial charge in [0, 0.05) is 13.5 Å². The summed E-state index contributed by atoms with van der Waals surface area (Å²) in [5.74, 6) is -42.2. The topological polar surface area (TPSA) is 0 Å². The molecule has 0 aliphatic heterocycles. The van der Waals surface area contributed by atoms with Crippen molar-refractivity contribution in [1.29, 1.82) is 0 Å². The molecular weight excluding hydrogens is 783 g/mol. The maximum Gasteiger partial charge on any atom is 0.200 e. The summed E-state index contributed by atoms with van der Waals surface area (Å²) in [5, 5.41) is 1.46. The molecule has 0 aromatic heterocycles. The fraction of sp³-hybridized carbons (Fsp3) is 0.474. The number of halogens is 15. The number of hydrogen-bond donors (Lipinski definition) is 0. The van der Waals surface area contributed by atoms with Crippen LogP contribution in [0.5, 0.6) is 0 Å². The zero-order chi connectivity index (χ0) is 43.0. The summed E-state index contributed by atoms with van der Waals surface area (Å²) in [6.45, 7) is 19.5. The van der Waals surface area contributed by atoms with E-state index in [0.717, 1.165) is 0 Å². The Kier molecular flexibility index (Phi) is 15.3. The van der Waals surface area contributed by atoms with E-state index in [1.807, 2.05) is 0 Å². The minimum atomic E-state index is -4.83. The van der Waals surface area contributed by atoms with E-state index in [9.17, 15) is 39.5 Å². The molecule has 55 heavy (non-hydrogen) atoms. The van der Waals surface area contributed by atoms with E-state index in [2.05, 4.69) is 62.3 Å². The van der Waals surface area contributed by atoms with Crippen LogP contribution in [0.1, 0.15) is 107 Å². The second kappa shape index (κ2) is 17.5. The number of hydrogen-bond acceptors (Lipinski definition) is 0. The first-order chi connectivity index (χ1) is 24.9. The first kappa shape index (κ1) is 48.0. The SMILES string of the molecule is CC(C)(C)[PH+](C(C)(C)C)C(C)(C)C.CCCC(CCC)=C([BH-](c1c(F)c(F)c(F)c(F)c1F)c1c(F)c(F)c(F)c(F)c1F)c1c(F)c(F)c(F)c(F)c1F. The van der Waals surface area contributed by atoms with Gasteiger partial charge in [-0.25, -0.2) is 65.9 Å². The number of rotatable bonds is 8. The molecule has 308 valence electrons. The zero-order valence-corrected chi connectivity index (χ0v) is 33.2. The van der Waals surface area contributed by atoms with Crippen LogP contribution in [-0.4, -0.2) is 22.2 Å². The molecule has 3 aromatic carbocycles. The Morgan fingerprint density at radius 1 is 0.382 bits per heavy atom. The molecule has 0 aliphatic rings. The van der Waals surface area contributed by atoms with E-state index in [4.69, 9.17) is 0 Å². The first-order valence-corrected chi connectivity index (χ1v) is 18.8. The van der Waals surface area contributed by atoms with Crippen molar-refractivity contribution >= 4 is 31.0 Å². The summed E-state index contributed by atoms with van der Waals surface area (Å²) >= 11 is 0. The van der Waals surface area contributed by atoms with Gasteiger partial charge >= 0.3 is 0 Å². The summed E-state index contributed by atoms with van der Waals surface area (Å²) in [6, 6.07) is 0. The van der Waals surface area contributed by atoms with Crippen LogP contribution in [0.15, 0.2) is 5.57 Å². The Bertz CT molecular complexity index is 1760. The lowest BCUT2D eigenvalue weighted by Crippen LogP contribution is -2.52. The third-order valence-corrected chi connectivity index (χ3v) is 13.5. The van der Waals surface area contributed by atoms with Crippen molar-refractivity contribution in [3.8, 4) is 0 Å². The highest BCUT2D eigenvalue weighted by Gasteiger charge is 2.49. The van der Waals surface area contributed by atoms with Gasteiger partial charge in [-0.2, -0.15) is 5.47 Å². The molecule has 0 saturated carbocycles. The maximum absolute atomic E-state index is 15.2. The monoisotopic (exact) mass is 826 g/mol. The lowest BCUT2D eigenvalue weighted by molar-refractivity contribution is 0.376. The fourth-order valence-electron chi connectivity index (χ4n) is 8.33. The molecule has 0 atom stereocenters. The molecule has 3 aromatic rings. The Balaban J connectivity index is 0.000000685. The summed E-state index contributed by atoms with van der Waals surface area (Å²) in [7, 11) is -0.391. The molecule has 0 saturated heterocycles. The van der Waals surface area contributed by atoms with Crippen LogP contribution in [-0.2, 0) is 0 Å².